The van der Waals surface area contributed by atoms with Crippen LogP contribution in [0.2, 0.25) is 0 Å². The summed E-state index contributed by atoms with van der Waals surface area (Å²) in [6.45, 7) is -0.250. The van der Waals surface area contributed by atoms with Gasteiger partial charge in [-0.25, -0.2) is 14.4 Å². The highest BCUT2D eigenvalue weighted by molar-refractivity contribution is 5.90. The number of hydrogen-bond acceptors (Lipinski definition) is 8. The SMILES string of the molecule is CO[C@@H]1O[C@@H](COC(=O)c2ccccc2)[C@H](OC(=O)c2ccccc2)[C@H]1OC(=O)c1ccccc1. The van der Waals surface area contributed by atoms with E-state index in [9.17, 15) is 14.4 Å². The van der Waals surface area contributed by atoms with Gasteiger partial charge in [0.25, 0.3) is 0 Å². The lowest BCUT2D eigenvalue weighted by Gasteiger charge is -2.24. The van der Waals surface area contributed by atoms with E-state index < -0.39 is 42.5 Å². The lowest BCUT2D eigenvalue weighted by molar-refractivity contribution is -0.155. The predicted octanol–water partition coefficient (Wildman–Crippen LogP) is 3.67. The zero-order valence-corrected chi connectivity index (χ0v) is 18.9. The monoisotopic (exact) mass is 476 g/mol. The Balaban J connectivity index is 1.54. The van der Waals surface area contributed by atoms with E-state index in [1.54, 1.807) is 91.0 Å². The van der Waals surface area contributed by atoms with Crippen LogP contribution in [0.1, 0.15) is 31.1 Å². The van der Waals surface area contributed by atoms with Crippen molar-refractivity contribution in [3.05, 3.63) is 108 Å². The minimum absolute atomic E-state index is 0.250. The predicted molar refractivity (Wildman–Crippen MR) is 124 cm³/mol. The molecular formula is C27H24O8. The van der Waals surface area contributed by atoms with Crippen molar-refractivity contribution in [2.24, 2.45) is 0 Å². The Bertz CT molecular complexity index is 1130. The van der Waals surface area contributed by atoms with Gasteiger partial charge in [-0.3, -0.25) is 0 Å². The van der Waals surface area contributed by atoms with Crippen LogP contribution >= 0.6 is 0 Å². The second kappa shape index (κ2) is 11.4. The van der Waals surface area contributed by atoms with E-state index in [0.29, 0.717) is 16.7 Å². The summed E-state index contributed by atoms with van der Waals surface area (Å²) in [7, 11) is 1.38. The van der Waals surface area contributed by atoms with E-state index in [1.807, 2.05) is 0 Å². The number of benzene rings is 3. The third-order valence-corrected chi connectivity index (χ3v) is 5.39. The number of esters is 3. The van der Waals surface area contributed by atoms with Crippen LogP contribution in [0, 0.1) is 0 Å². The third kappa shape index (κ3) is 5.92. The van der Waals surface area contributed by atoms with Gasteiger partial charge >= 0.3 is 17.9 Å². The summed E-state index contributed by atoms with van der Waals surface area (Å²) in [5, 5.41) is 0. The molecule has 8 heteroatoms. The lowest BCUT2D eigenvalue weighted by atomic mass is 10.1. The molecule has 0 unspecified atom stereocenters. The minimum atomic E-state index is -1.10. The van der Waals surface area contributed by atoms with Crippen molar-refractivity contribution in [3.8, 4) is 0 Å². The fourth-order valence-corrected chi connectivity index (χ4v) is 3.63. The number of hydrogen-bond donors (Lipinski definition) is 0. The number of carbonyl (C=O) groups excluding carboxylic acids is 3. The second-order valence-electron chi connectivity index (χ2n) is 7.72. The molecule has 0 saturated carbocycles. The molecule has 4 atom stereocenters. The van der Waals surface area contributed by atoms with Crippen LogP contribution in [0.25, 0.3) is 0 Å². The Labute approximate surface area is 202 Å². The molecule has 3 aromatic carbocycles. The molecule has 180 valence electrons. The summed E-state index contributed by atoms with van der Waals surface area (Å²) < 4.78 is 28.0. The first-order chi connectivity index (χ1) is 17.1. The molecule has 1 aliphatic rings. The normalized spacial score (nSPS) is 21.2. The number of ether oxygens (including phenoxy) is 5. The maximum Gasteiger partial charge on any atom is 0.338 e. The van der Waals surface area contributed by atoms with Crippen molar-refractivity contribution in [2.75, 3.05) is 13.7 Å². The maximum atomic E-state index is 12.8. The largest absolute Gasteiger partial charge is 0.459 e. The zero-order valence-electron chi connectivity index (χ0n) is 18.9. The Kier molecular flexibility index (Phi) is 7.87. The molecule has 0 aliphatic carbocycles. The maximum absolute atomic E-state index is 12.8. The highest BCUT2D eigenvalue weighted by Gasteiger charge is 2.50. The first-order valence-corrected chi connectivity index (χ1v) is 11.0. The summed E-state index contributed by atoms with van der Waals surface area (Å²) in [5.41, 5.74) is 0.981. The van der Waals surface area contributed by atoms with Gasteiger partial charge in [-0.05, 0) is 36.4 Å². The van der Waals surface area contributed by atoms with Gasteiger partial charge in [0.05, 0.1) is 16.7 Å². The molecule has 0 aromatic heterocycles. The van der Waals surface area contributed by atoms with Crippen LogP contribution in [-0.4, -0.2) is 56.2 Å². The molecule has 1 fully saturated rings. The van der Waals surface area contributed by atoms with Gasteiger partial charge in [0.2, 0.25) is 0 Å². The summed E-state index contributed by atoms with van der Waals surface area (Å²) in [6.07, 6.45) is -4.17. The number of carbonyl (C=O) groups is 3. The number of rotatable bonds is 8. The lowest BCUT2D eigenvalue weighted by Crippen LogP contribution is -2.42. The van der Waals surface area contributed by atoms with Crippen molar-refractivity contribution in [2.45, 2.75) is 24.6 Å². The molecule has 0 bridgehead atoms. The van der Waals surface area contributed by atoms with Crippen molar-refractivity contribution in [3.63, 3.8) is 0 Å². The first-order valence-electron chi connectivity index (χ1n) is 11.0. The zero-order chi connectivity index (χ0) is 24.6. The average molecular weight is 476 g/mol. The van der Waals surface area contributed by atoms with E-state index in [1.165, 1.54) is 7.11 Å². The summed E-state index contributed by atoms with van der Waals surface area (Å²) in [4.78, 5) is 38.0. The first kappa shape index (κ1) is 24.1. The smallest absolute Gasteiger partial charge is 0.338 e. The molecule has 35 heavy (non-hydrogen) atoms. The van der Waals surface area contributed by atoms with Crippen molar-refractivity contribution < 1.29 is 38.1 Å². The van der Waals surface area contributed by atoms with Crippen LogP contribution in [0.3, 0.4) is 0 Å². The Morgan fingerprint density at radius 1 is 0.657 bits per heavy atom. The Morgan fingerprint density at radius 2 is 1.09 bits per heavy atom. The molecule has 4 rings (SSSR count). The van der Waals surface area contributed by atoms with Crippen molar-refractivity contribution in [1.82, 2.24) is 0 Å². The van der Waals surface area contributed by atoms with Gasteiger partial charge in [0, 0.05) is 7.11 Å². The molecule has 8 nitrogen and oxygen atoms in total. The fraction of sp³-hybridized carbons (Fsp3) is 0.222. The van der Waals surface area contributed by atoms with E-state index in [0.717, 1.165) is 0 Å². The van der Waals surface area contributed by atoms with E-state index in [2.05, 4.69) is 0 Å². The van der Waals surface area contributed by atoms with E-state index in [4.69, 9.17) is 23.7 Å². The second-order valence-corrected chi connectivity index (χ2v) is 7.72. The van der Waals surface area contributed by atoms with Gasteiger partial charge in [-0.1, -0.05) is 54.6 Å². The van der Waals surface area contributed by atoms with Crippen LogP contribution < -0.4 is 0 Å². The minimum Gasteiger partial charge on any atom is -0.459 e. The standard InChI is InChI=1S/C27H24O8/c1-31-27-23(35-26(30)20-15-9-4-10-16-20)22(34-25(29)19-13-7-3-8-14-19)21(33-27)17-32-24(28)18-11-5-2-6-12-18/h2-16,21-23,27H,17H2,1H3/t21-,22-,23+,27+/m0/s1. The van der Waals surface area contributed by atoms with Gasteiger partial charge in [-0.15, -0.1) is 0 Å². The Hall–Kier alpha value is -4.01. The molecular weight excluding hydrogens is 452 g/mol. The van der Waals surface area contributed by atoms with Crippen LogP contribution in [0.5, 0.6) is 0 Å². The summed E-state index contributed by atoms with van der Waals surface area (Å²) in [6, 6.07) is 25.2. The molecule has 1 saturated heterocycles. The molecule has 0 N–H and O–H groups in total. The molecule has 0 amide bonds. The fourth-order valence-electron chi connectivity index (χ4n) is 3.63. The molecule has 1 aliphatic heterocycles. The highest BCUT2D eigenvalue weighted by atomic mass is 16.7. The topological polar surface area (TPSA) is 97.4 Å². The molecule has 3 aromatic rings. The van der Waals surface area contributed by atoms with Gasteiger partial charge in [-0.2, -0.15) is 0 Å². The van der Waals surface area contributed by atoms with Crippen LogP contribution in [-0.2, 0) is 23.7 Å². The summed E-state index contributed by atoms with van der Waals surface area (Å²) in [5.74, 6) is -1.85. The highest BCUT2D eigenvalue weighted by Crippen LogP contribution is 2.29. The molecule has 0 radical (unpaired) electrons. The van der Waals surface area contributed by atoms with Crippen molar-refractivity contribution in [1.29, 1.82) is 0 Å². The van der Waals surface area contributed by atoms with Gasteiger partial charge in [0.1, 0.15) is 12.7 Å². The third-order valence-electron chi connectivity index (χ3n) is 5.39. The van der Waals surface area contributed by atoms with Crippen LogP contribution in [0.4, 0.5) is 0 Å². The van der Waals surface area contributed by atoms with E-state index >= 15 is 0 Å². The van der Waals surface area contributed by atoms with Gasteiger partial charge in [0.15, 0.2) is 18.5 Å². The number of methoxy groups -OCH3 is 1. The molecule has 1 heterocycles. The summed E-state index contributed by atoms with van der Waals surface area (Å²) >= 11 is 0. The molecule has 0 spiro atoms. The van der Waals surface area contributed by atoms with Gasteiger partial charge < -0.3 is 23.7 Å². The Morgan fingerprint density at radius 3 is 1.54 bits per heavy atom. The quantitative estimate of drug-likeness (QED) is 0.359. The average Bonchev–Trinajstić information content (AvgIpc) is 3.24. The van der Waals surface area contributed by atoms with Crippen molar-refractivity contribution >= 4 is 17.9 Å². The van der Waals surface area contributed by atoms with Crippen LogP contribution in [0.15, 0.2) is 91.0 Å². The van der Waals surface area contributed by atoms with E-state index in [-0.39, 0.29) is 6.61 Å².